The minimum absolute atomic E-state index is 0.0907. The third-order valence-corrected chi connectivity index (χ3v) is 4.01. The van der Waals surface area contributed by atoms with Gasteiger partial charge in [-0.2, -0.15) is 0 Å². The van der Waals surface area contributed by atoms with Crippen molar-refractivity contribution in [2.45, 2.75) is 32.2 Å². The van der Waals surface area contributed by atoms with Crippen LogP contribution in [-0.2, 0) is 6.54 Å². The molecule has 0 atom stereocenters. The van der Waals surface area contributed by atoms with Crippen molar-refractivity contribution in [2.75, 3.05) is 13.1 Å². The largest absolute Gasteiger partial charge is 0.359 e. The lowest BCUT2D eigenvalue weighted by molar-refractivity contribution is -0.793. The Morgan fingerprint density at radius 3 is 2.30 bits per heavy atom. The van der Waals surface area contributed by atoms with Crippen LogP contribution in [0.4, 0.5) is 13.2 Å². The summed E-state index contributed by atoms with van der Waals surface area (Å²) in [6.45, 7) is 2.06. The molecule has 0 amide bonds. The molecule has 1 aliphatic heterocycles. The zero-order chi connectivity index (χ0) is 16.4. The second-order valence-electron chi connectivity index (χ2n) is 5.67. The van der Waals surface area contributed by atoms with Crippen molar-refractivity contribution in [1.82, 2.24) is 10.1 Å². The summed E-state index contributed by atoms with van der Waals surface area (Å²) in [4.78, 5) is 2.21. The van der Waals surface area contributed by atoms with Crippen molar-refractivity contribution >= 4 is 0 Å². The van der Waals surface area contributed by atoms with E-state index in [-0.39, 0.29) is 21.9 Å². The highest BCUT2D eigenvalue weighted by Crippen LogP contribution is 2.25. The molecule has 0 spiro atoms. The first-order chi connectivity index (χ1) is 11.1. The zero-order valence-electron chi connectivity index (χ0n) is 12.4. The van der Waals surface area contributed by atoms with E-state index in [4.69, 9.17) is 0 Å². The maximum Gasteiger partial charge on any atom is 0.240 e. The summed E-state index contributed by atoms with van der Waals surface area (Å²) >= 11 is 0. The van der Waals surface area contributed by atoms with E-state index in [1.54, 1.807) is 0 Å². The summed E-state index contributed by atoms with van der Waals surface area (Å²) in [5, 5.41) is 15.5. The van der Waals surface area contributed by atoms with Gasteiger partial charge in [-0.25, -0.2) is 13.2 Å². The Labute approximate surface area is 130 Å². The number of halogens is 3. The lowest BCUT2D eigenvalue weighted by Gasteiger charge is -2.16. The molecule has 1 fully saturated rings. The predicted octanol–water partition coefficient (Wildman–Crippen LogP) is 2.77. The summed E-state index contributed by atoms with van der Waals surface area (Å²) < 4.78 is 44.5. The Hall–Kier alpha value is -2.09. The number of hydrogen-bond acceptors (Lipinski definition) is 4. The SMILES string of the molecule is [O-][n+]1onc(CN2CCCCCC2)c1-c1cc(F)c(F)c(F)c1. The zero-order valence-corrected chi connectivity index (χ0v) is 12.4. The highest BCUT2D eigenvalue weighted by Gasteiger charge is 2.26. The van der Waals surface area contributed by atoms with Gasteiger partial charge < -0.3 is 5.21 Å². The van der Waals surface area contributed by atoms with Crippen molar-refractivity contribution in [3.05, 3.63) is 40.5 Å². The second-order valence-corrected chi connectivity index (χ2v) is 5.67. The minimum Gasteiger partial charge on any atom is -0.359 e. The molecule has 2 aromatic rings. The topological polar surface area (TPSA) is 56.2 Å². The molecule has 5 nitrogen and oxygen atoms in total. The molecule has 1 aliphatic rings. The fourth-order valence-corrected chi connectivity index (χ4v) is 2.85. The molecule has 8 heteroatoms. The van der Waals surface area contributed by atoms with Crippen LogP contribution in [0.5, 0.6) is 0 Å². The van der Waals surface area contributed by atoms with Gasteiger partial charge >= 0.3 is 0 Å². The van der Waals surface area contributed by atoms with Crippen LogP contribution in [0.2, 0.25) is 0 Å². The number of hydrogen-bond donors (Lipinski definition) is 0. The van der Waals surface area contributed by atoms with Crippen molar-refractivity contribution in [3.8, 4) is 11.3 Å². The van der Waals surface area contributed by atoms with Gasteiger partial charge in [-0.15, -0.1) is 0 Å². The van der Waals surface area contributed by atoms with Gasteiger partial charge in [-0.05, 0) is 43.0 Å². The Morgan fingerprint density at radius 1 is 1.09 bits per heavy atom. The smallest absolute Gasteiger partial charge is 0.240 e. The summed E-state index contributed by atoms with van der Waals surface area (Å²) in [6, 6.07) is 1.54. The fourth-order valence-electron chi connectivity index (χ4n) is 2.85. The van der Waals surface area contributed by atoms with Gasteiger partial charge in [-0.1, -0.05) is 12.8 Å². The molecule has 1 saturated heterocycles. The van der Waals surface area contributed by atoms with E-state index in [0.29, 0.717) is 6.54 Å². The Morgan fingerprint density at radius 2 is 1.70 bits per heavy atom. The molecule has 0 bridgehead atoms. The van der Waals surface area contributed by atoms with Crippen LogP contribution in [0.3, 0.4) is 0 Å². The number of nitrogens with zero attached hydrogens (tertiary/aromatic N) is 3. The number of rotatable bonds is 3. The van der Waals surface area contributed by atoms with E-state index in [0.717, 1.165) is 50.9 Å². The third kappa shape index (κ3) is 3.31. The van der Waals surface area contributed by atoms with Gasteiger partial charge in [0.05, 0.1) is 6.54 Å². The van der Waals surface area contributed by atoms with Crippen LogP contribution in [0.15, 0.2) is 16.8 Å². The number of likely N-dealkylation sites (tertiary alicyclic amines) is 1. The van der Waals surface area contributed by atoms with Gasteiger partial charge in [0.25, 0.3) is 0 Å². The van der Waals surface area contributed by atoms with Crippen LogP contribution in [0, 0.1) is 22.7 Å². The Balaban J connectivity index is 1.92. The van der Waals surface area contributed by atoms with Crippen LogP contribution >= 0.6 is 0 Å². The Kier molecular flexibility index (Phi) is 4.51. The lowest BCUT2D eigenvalue weighted by Crippen LogP contribution is -2.28. The van der Waals surface area contributed by atoms with Crippen LogP contribution in [-0.4, -0.2) is 23.1 Å². The van der Waals surface area contributed by atoms with Crippen molar-refractivity contribution in [3.63, 3.8) is 0 Å². The molecule has 124 valence electrons. The van der Waals surface area contributed by atoms with Gasteiger partial charge in [0, 0.05) is 10.7 Å². The van der Waals surface area contributed by atoms with E-state index < -0.39 is 17.5 Å². The summed E-state index contributed by atoms with van der Waals surface area (Å²) in [7, 11) is 0. The van der Waals surface area contributed by atoms with Crippen LogP contribution in [0.25, 0.3) is 11.3 Å². The number of benzene rings is 1. The Bertz CT molecular complexity index is 674. The quantitative estimate of drug-likeness (QED) is 0.642. The average molecular weight is 327 g/mol. The molecule has 0 unspecified atom stereocenters. The molecule has 0 saturated carbocycles. The average Bonchev–Trinajstić information content (AvgIpc) is 2.72. The molecule has 1 aromatic heterocycles. The molecule has 0 aliphatic carbocycles. The minimum atomic E-state index is -1.57. The first kappa shape index (κ1) is 15.8. The maximum atomic E-state index is 13.4. The fraction of sp³-hybridized carbons (Fsp3) is 0.467. The first-order valence-corrected chi connectivity index (χ1v) is 7.52. The van der Waals surface area contributed by atoms with Gasteiger partial charge in [0.1, 0.15) is 0 Å². The van der Waals surface area contributed by atoms with Crippen LogP contribution < -0.4 is 4.90 Å². The normalized spacial score (nSPS) is 16.5. The predicted molar refractivity (Wildman–Crippen MR) is 74.5 cm³/mol. The lowest BCUT2D eigenvalue weighted by atomic mass is 10.1. The molecule has 3 rings (SSSR count). The van der Waals surface area contributed by atoms with E-state index in [9.17, 15) is 18.4 Å². The monoisotopic (exact) mass is 327 g/mol. The molecular formula is C15H16F3N3O2. The van der Waals surface area contributed by atoms with Gasteiger partial charge in [-0.3, -0.25) is 9.53 Å². The summed E-state index contributed by atoms with van der Waals surface area (Å²) in [5.41, 5.74) is 0.0989. The van der Waals surface area contributed by atoms with Crippen molar-refractivity contribution < 1.29 is 22.7 Å². The molecule has 2 heterocycles. The molecule has 0 radical (unpaired) electrons. The van der Waals surface area contributed by atoms with Gasteiger partial charge in [0.15, 0.2) is 17.5 Å². The highest BCUT2D eigenvalue weighted by molar-refractivity contribution is 5.58. The van der Waals surface area contributed by atoms with E-state index in [1.807, 2.05) is 0 Å². The molecular weight excluding hydrogens is 311 g/mol. The van der Waals surface area contributed by atoms with Crippen LogP contribution in [0.1, 0.15) is 31.4 Å². The van der Waals surface area contributed by atoms with E-state index >= 15 is 0 Å². The van der Waals surface area contributed by atoms with Gasteiger partial charge in [0.2, 0.25) is 11.4 Å². The second kappa shape index (κ2) is 6.57. The van der Waals surface area contributed by atoms with Crippen molar-refractivity contribution in [2.24, 2.45) is 0 Å². The summed E-state index contributed by atoms with van der Waals surface area (Å²) in [6.07, 6.45) is 4.39. The highest BCUT2D eigenvalue weighted by atomic mass is 19.2. The molecule has 1 aromatic carbocycles. The standard InChI is InChI=1S/C15H16F3N3O2/c16-11-7-10(8-12(17)14(11)18)15-13(19-23-21(15)22)9-20-5-3-1-2-4-6-20/h7-8H,1-6,9H2. The number of aromatic nitrogens is 2. The van der Waals surface area contributed by atoms with Crippen molar-refractivity contribution in [1.29, 1.82) is 0 Å². The molecule has 23 heavy (non-hydrogen) atoms. The van der Waals surface area contributed by atoms with E-state index in [1.165, 1.54) is 0 Å². The maximum absolute atomic E-state index is 13.4. The first-order valence-electron chi connectivity index (χ1n) is 7.52. The third-order valence-electron chi connectivity index (χ3n) is 4.01. The summed E-state index contributed by atoms with van der Waals surface area (Å²) in [5.74, 6) is -4.29. The molecule has 0 N–H and O–H groups in total. The van der Waals surface area contributed by atoms with E-state index in [2.05, 4.69) is 14.7 Å².